The van der Waals surface area contributed by atoms with Crippen LogP contribution < -0.4 is 4.72 Å². The Labute approximate surface area is 119 Å². The average Bonchev–Trinajstić information content (AvgIpc) is 2.34. The van der Waals surface area contributed by atoms with Crippen LogP contribution in [-0.2, 0) is 0 Å². The van der Waals surface area contributed by atoms with Gasteiger partial charge < -0.3 is 9.83 Å². The lowest BCUT2D eigenvalue weighted by molar-refractivity contribution is -0.384. The molecule has 0 heterocycles. The zero-order valence-corrected chi connectivity index (χ0v) is 11.4. The Morgan fingerprint density at radius 3 is 2.42 bits per heavy atom. The molecule has 0 saturated carbocycles. The number of rotatable bonds is 6. The highest BCUT2D eigenvalue weighted by Gasteiger charge is 2.06. The van der Waals surface area contributed by atoms with Crippen LogP contribution >= 0.6 is 23.5 Å². The number of hydrogen-bond donors (Lipinski definition) is 2. The number of non-ortho nitro benzene ring substituents is 1. The third-order valence-corrected chi connectivity index (χ3v) is 2.88. The molecule has 2 N–H and O–H groups in total. The van der Waals surface area contributed by atoms with Gasteiger partial charge in [0.25, 0.3) is 5.69 Å². The number of nitrogens with one attached hydrogen (secondary N) is 1. The summed E-state index contributed by atoms with van der Waals surface area (Å²) in [6.07, 6.45) is 1.42. The third-order valence-electron chi connectivity index (χ3n) is 1.94. The number of nitrogens with zero attached hydrogens (tertiary/aromatic N) is 1. The van der Waals surface area contributed by atoms with Crippen molar-refractivity contribution in [3.8, 4) is 0 Å². The third kappa shape index (κ3) is 5.07. The highest BCUT2D eigenvalue weighted by Crippen LogP contribution is 2.21. The summed E-state index contributed by atoms with van der Waals surface area (Å²) in [6.45, 7) is 6.86. The predicted octanol–water partition coefficient (Wildman–Crippen LogP) is 3.90. The number of allylic oxidation sites excluding steroid dienone is 2. The minimum absolute atomic E-state index is 0.0146. The van der Waals surface area contributed by atoms with Crippen LogP contribution in [0.2, 0.25) is 0 Å². The van der Waals surface area contributed by atoms with Gasteiger partial charge in [0, 0.05) is 22.1 Å². The van der Waals surface area contributed by atoms with Gasteiger partial charge in [-0.05, 0) is 30.2 Å². The molecular formula is C12H11ClN2O3S. The lowest BCUT2D eigenvalue weighted by Gasteiger charge is -2.08. The minimum Gasteiger partial charge on any atom is -0.506 e. The summed E-state index contributed by atoms with van der Waals surface area (Å²) in [5.41, 5.74) is 0.323. The first kappa shape index (κ1) is 15.1. The van der Waals surface area contributed by atoms with E-state index in [1.54, 1.807) is 12.1 Å². The van der Waals surface area contributed by atoms with Gasteiger partial charge in [-0.2, -0.15) is 0 Å². The summed E-state index contributed by atoms with van der Waals surface area (Å²) in [5.74, 6) is -0.184. The standard InChI is InChI=1S/C12H11ClN2O3S/c1-8(13)7-12(9(2)16)14-19-11-5-3-10(4-6-11)15(17)18/h3-7,14,16H,1-2H2/b12-7+. The second-order valence-electron chi connectivity index (χ2n) is 3.41. The van der Waals surface area contributed by atoms with Crippen molar-refractivity contribution in [2.75, 3.05) is 0 Å². The van der Waals surface area contributed by atoms with E-state index in [4.69, 9.17) is 11.6 Å². The van der Waals surface area contributed by atoms with Crippen LogP contribution in [0.4, 0.5) is 5.69 Å². The fourth-order valence-corrected chi connectivity index (χ4v) is 1.86. The van der Waals surface area contributed by atoms with Crippen molar-refractivity contribution in [2.24, 2.45) is 0 Å². The fraction of sp³-hybridized carbons (Fsp3) is 0. The number of benzene rings is 1. The maximum atomic E-state index is 10.5. The summed E-state index contributed by atoms with van der Waals surface area (Å²) in [5, 5.41) is 20.1. The van der Waals surface area contributed by atoms with Crippen molar-refractivity contribution >= 4 is 29.2 Å². The summed E-state index contributed by atoms with van der Waals surface area (Å²) in [6, 6.07) is 5.95. The molecule has 0 fully saturated rings. The SMILES string of the molecule is C=C(Cl)/C=C(/NSc1ccc([N+](=O)[O-])cc1)C(=C)O. The maximum absolute atomic E-state index is 10.5. The molecule has 0 amide bonds. The Hall–Kier alpha value is -1.92. The molecule has 0 unspecified atom stereocenters. The van der Waals surface area contributed by atoms with Gasteiger partial charge in [-0.1, -0.05) is 24.8 Å². The van der Waals surface area contributed by atoms with Crippen LogP contribution in [0.3, 0.4) is 0 Å². The van der Waals surface area contributed by atoms with E-state index in [-0.39, 0.29) is 16.5 Å². The van der Waals surface area contributed by atoms with Gasteiger partial charge in [0.2, 0.25) is 0 Å². The Kier molecular flexibility index (Phi) is 5.47. The average molecular weight is 299 g/mol. The largest absolute Gasteiger partial charge is 0.506 e. The van der Waals surface area contributed by atoms with Gasteiger partial charge in [0.1, 0.15) is 5.76 Å². The van der Waals surface area contributed by atoms with Crippen molar-refractivity contribution in [3.05, 3.63) is 70.1 Å². The molecule has 1 aromatic carbocycles. The Morgan fingerprint density at radius 1 is 1.42 bits per heavy atom. The number of nitro benzene ring substituents is 1. The second kappa shape index (κ2) is 6.86. The van der Waals surface area contributed by atoms with E-state index in [1.807, 2.05) is 0 Å². The van der Waals surface area contributed by atoms with Crippen molar-refractivity contribution < 1.29 is 10.0 Å². The summed E-state index contributed by atoms with van der Waals surface area (Å²) in [7, 11) is 0. The van der Waals surface area contributed by atoms with E-state index in [9.17, 15) is 15.2 Å². The number of aliphatic hydroxyl groups excluding tert-OH is 1. The molecule has 5 nitrogen and oxygen atoms in total. The predicted molar refractivity (Wildman–Crippen MR) is 76.9 cm³/mol. The van der Waals surface area contributed by atoms with E-state index in [0.29, 0.717) is 5.70 Å². The van der Waals surface area contributed by atoms with E-state index < -0.39 is 4.92 Å². The molecule has 0 spiro atoms. The molecule has 100 valence electrons. The summed E-state index contributed by atoms with van der Waals surface area (Å²) in [4.78, 5) is 10.8. The minimum atomic E-state index is -0.472. The molecule has 0 radical (unpaired) electrons. The number of hydrogen-bond acceptors (Lipinski definition) is 5. The monoisotopic (exact) mass is 298 g/mol. The number of halogens is 1. The number of aliphatic hydroxyl groups is 1. The van der Waals surface area contributed by atoms with Crippen LogP contribution in [-0.4, -0.2) is 10.0 Å². The van der Waals surface area contributed by atoms with Crippen LogP contribution in [0.1, 0.15) is 0 Å². The van der Waals surface area contributed by atoms with Gasteiger partial charge in [0.05, 0.1) is 10.6 Å². The Morgan fingerprint density at radius 2 is 2.00 bits per heavy atom. The lowest BCUT2D eigenvalue weighted by atomic mass is 10.3. The second-order valence-corrected chi connectivity index (χ2v) is 4.77. The van der Waals surface area contributed by atoms with Crippen molar-refractivity contribution in [1.82, 2.24) is 4.72 Å². The molecule has 0 atom stereocenters. The van der Waals surface area contributed by atoms with Gasteiger partial charge in [-0.3, -0.25) is 10.1 Å². The van der Waals surface area contributed by atoms with Gasteiger partial charge in [-0.25, -0.2) is 0 Å². The quantitative estimate of drug-likeness (QED) is 0.274. The normalized spacial score (nSPS) is 10.9. The van der Waals surface area contributed by atoms with E-state index in [0.717, 1.165) is 16.8 Å². The Bertz CT molecular complexity index is 540. The van der Waals surface area contributed by atoms with Crippen molar-refractivity contribution in [3.63, 3.8) is 0 Å². The smallest absolute Gasteiger partial charge is 0.269 e. The van der Waals surface area contributed by atoms with E-state index >= 15 is 0 Å². The summed E-state index contributed by atoms with van der Waals surface area (Å²) >= 11 is 6.76. The topological polar surface area (TPSA) is 75.4 Å². The van der Waals surface area contributed by atoms with Crippen LogP contribution in [0, 0.1) is 10.1 Å². The zero-order chi connectivity index (χ0) is 14.4. The van der Waals surface area contributed by atoms with E-state index in [1.165, 1.54) is 18.2 Å². The maximum Gasteiger partial charge on any atom is 0.269 e. The molecule has 1 aromatic rings. The fourth-order valence-electron chi connectivity index (χ4n) is 1.08. The molecule has 19 heavy (non-hydrogen) atoms. The van der Waals surface area contributed by atoms with E-state index in [2.05, 4.69) is 17.9 Å². The lowest BCUT2D eigenvalue weighted by Crippen LogP contribution is -2.05. The highest BCUT2D eigenvalue weighted by atomic mass is 35.5. The van der Waals surface area contributed by atoms with Crippen LogP contribution in [0.25, 0.3) is 0 Å². The first-order chi connectivity index (χ1) is 8.90. The summed E-state index contributed by atoms with van der Waals surface area (Å²) < 4.78 is 2.83. The zero-order valence-electron chi connectivity index (χ0n) is 9.80. The van der Waals surface area contributed by atoms with Gasteiger partial charge in [0.15, 0.2) is 0 Å². The Balaban J connectivity index is 2.72. The van der Waals surface area contributed by atoms with Gasteiger partial charge >= 0.3 is 0 Å². The first-order valence-electron chi connectivity index (χ1n) is 5.02. The van der Waals surface area contributed by atoms with Crippen molar-refractivity contribution in [1.29, 1.82) is 0 Å². The van der Waals surface area contributed by atoms with Crippen LogP contribution in [0.5, 0.6) is 0 Å². The molecule has 0 aliphatic rings. The molecule has 0 aliphatic heterocycles. The first-order valence-corrected chi connectivity index (χ1v) is 6.21. The molecule has 0 aliphatic carbocycles. The molecule has 0 aromatic heterocycles. The molecule has 1 rings (SSSR count). The van der Waals surface area contributed by atoms with Crippen LogP contribution in [0.15, 0.2) is 64.9 Å². The molecular weight excluding hydrogens is 288 g/mol. The molecule has 7 heteroatoms. The highest BCUT2D eigenvalue weighted by molar-refractivity contribution is 7.97. The number of nitro groups is 1. The molecule has 0 saturated heterocycles. The van der Waals surface area contributed by atoms with Crippen molar-refractivity contribution in [2.45, 2.75) is 4.90 Å². The van der Waals surface area contributed by atoms with Gasteiger partial charge in [-0.15, -0.1) is 0 Å². The molecule has 0 bridgehead atoms.